The Kier molecular flexibility index (Phi) is 10.8. The minimum atomic E-state index is -1.03. The summed E-state index contributed by atoms with van der Waals surface area (Å²) in [5.74, 6) is -0.618. The standard InChI is InChI=1S/C10H10O4.C6H15N/c1-7(11)8-2-4-9(5-3-8)14-6-10(12)13;1-3-5-7-6-4-2/h2-5H,6H2,1H3,(H,12,13);7H,3-6H2,1-2H3. The fraction of sp³-hybridized carbons (Fsp3) is 0.500. The first-order valence-corrected chi connectivity index (χ1v) is 7.17. The van der Waals surface area contributed by atoms with Gasteiger partial charge in [0.25, 0.3) is 0 Å². The van der Waals surface area contributed by atoms with Gasteiger partial charge in [-0.25, -0.2) is 4.79 Å². The first kappa shape index (κ1) is 19.1. The van der Waals surface area contributed by atoms with Crippen LogP contribution in [0.25, 0.3) is 0 Å². The maximum Gasteiger partial charge on any atom is 0.341 e. The molecule has 0 radical (unpaired) electrons. The van der Waals surface area contributed by atoms with Crippen LogP contribution in [0.3, 0.4) is 0 Å². The minimum Gasteiger partial charge on any atom is -0.482 e. The molecule has 21 heavy (non-hydrogen) atoms. The summed E-state index contributed by atoms with van der Waals surface area (Å²) in [6.07, 6.45) is 2.50. The van der Waals surface area contributed by atoms with E-state index in [1.54, 1.807) is 24.3 Å². The highest BCUT2D eigenvalue weighted by Gasteiger charge is 2.01. The summed E-state index contributed by atoms with van der Waals surface area (Å²) >= 11 is 0. The number of ketones is 1. The molecule has 1 aromatic rings. The third kappa shape index (κ3) is 10.6. The van der Waals surface area contributed by atoms with E-state index in [9.17, 15) is 9.59 Å². The number of Topliss-reactive ketones (excluding diaryl/α,β-unsaturated/α-hetero) is 1. The van der Waals surface area contributed by atoms with Gasteiger partial charge in [0, 0.05) is 5.56 Å². The lowest BCUT2D eigenvalue weighted by atomic mass is 10.1. The molecule has 0 aliphatic rings. The molecule has 0 aliphatic heterocycles. The van der Waals surface area contributed by atoms with Gasteiger partial charge in [0.2, 0.25) is 0 Å². The molecular weight excluding hydrogens is 270 g/mol. The topological polar surface area (TPSA) is 75.6 Å². The Balaban J connectivity index is 0.000000486. The van der Waals surface area contributed by atoms with E-state index in [1.165, 1.54) is 32.9 Å². The molecule has 1 rings (SSSR count). The molecule has 5 nitrogen and oxygen atoms in total. The van der Waals surface area contributed by atoms with Crippen molar-refractivity contribution < 1.29 is 19.4 Å². The van der Waals surface area contributed by atoms with Gasteiger partial charge in [-0.2, -0.15) is 0 Å². The average Bonchev–Trinajstić information content (AvgIpc) is 2.47. The molecule has 0 aromatic heterocycles. The molecule has 0 amide bonds. The SMILES string of the molecule is CC(=O)c1ccc(OCC(=O)O)cc1.CCCNCCC. The maximum atomic E-state index is 10.9. The van der Waals surface area contributed by atoms with Crippen molar-refractivity contribution in [2.24, 2.45) is 0 Å². The Morgan fingerprint density at radius 3 is 2.00 bits per heavy atom. The highest BCUT2D eigenvalue weighted by atomic mass is 16.5. The predicted octanol–water partition coefficient (Wildman–Crippen LogP) is 2.75. The summed E-state index contributed by atoms with van der Waals surface area (Å²) in [6.45, 7) is 7.81. The molecular formula is C16H25NO4. The Labute approximate surface area is 126 Å². The van der Waals surface area contributed by atoms with Crippen LogP contribution < -0.4 is 10.1 Å². The Hall–Kier alpha value is -1.88. The summed E-state index contributed by atoms with van der Waals surface area (Å²) < 4.78 is 4.89. The third-order valence-electron chi connectivity index (χ3n) is 2.48. The van der Waals surface area contributed by atoms with Gasteiger partial charge < -0.3 is 15.2 Å². The zero-order chi connectivity index (χ0) is 16.1. The second-order valence-corrected chi connectivity index (χ2v) is 4.51. The lowest BCUT2D eigenvalue weighted by Gasteiger charge is -2.02. The number of carboxylic acids is 1. The number of hydrogen-bond donors (Lipinski definition) is 2. The minimum absolute atomic E-state index is 0.0326. The summed E-state index contributed by atoms with van der Waals surface area (Å²) in [7, 11) is 0. The number of ether oxygens (including phenoxy) is 1. The fourth-order valence-electron chi connectivity index (χ4n) is 1.41. The first-order valence-electron chi connectivity index (χ1n) is 7.17. The quantitative estimate of drug-likeness (QED) is 0.569. The highest BCUT2D eigenvalue weighted by molar-refractivity contribution is 5.94. The summed E-state index contributed by atoms with van der Waals surface area (Å²) in [5, 5.41) is 11.6. The van der Waals surface area contributed by atoms with Crippen LogP contribution in [0.1, 0.15) is 44.0 Å². The van der Waals surface area contributed by atoms with Crippen molar-refractivity contribution in [3.63, 3.8) is 0 Å². The normalized spacial score (nSPS) is 9.48. The number of carboxylic acid groups (broad SMARTS) is 1. The van der Waals surface area contributed by atoms with Crippen LogP contribution in [0.15, 0.2) is 24.3 Å². The van der Waals surface area contributed by atoms with Crippen molar-refractivity contribution in [3.8, 4) is 5.75 Å². The molecule has 0 saturated carbocycles. The van der Waals surface area contributed by atoms with Gasteiger partial charge in [0.1, 0.15) is 5.75 Å². The van der Waals surface area contributed by atoms with Gasteiger partial charge in [0.15, 0.2) is 12.4 Å². The molecule has 1 aromatic carbocycles. The van der Waals surface area contributed by atoms with Crippen molar-refractivity contribution in [1.29, 1.82) is 0 Å². The molecule has 0 heterocycles. The average molecular weight is 295 g/mol. The van der Waals surface area contributed by atoms with Crippen LogP contribution in [-0.2, 0) is 4.79 Å². The third-order valence-corrected chi connectivity index (χ3v) is 2.48. The van der Waals surface area contributed by atoms with E-state index in [0.717, 1.165) is 0 Å². The summed E-state index contributed by atoms with van der Waals surface area (Å²) in [5.41, 5.74) is 0.577. The lowest BCUT2D eigenvalue weighted by molar-refractivity contribution is -0.139. The van der Waals surface area contributed by atoms with Crippen molar-refractivity contribution >= 4 is 11.8 Å². The van der Waals surface area contributed by atoms with Gasteiger partial charge in [-0.1, -0.05) is 13.8 Å². The van der Waals surface area contributed by atoms with E-state index >= 15 is 0 Å². The van der Waals surface area contributed by atoms with E-state index in [4.69, 9.17) is 9.84 Å². The van der Waals surface area contributed by atoms with Crippen molar-refractivity contribution in [2.75, 3.05) is 19.7 Å². The molecule has 0 bridgehead atoms. The van der Waals surface area contributed by atoms with Gasteiger partial charge in [-0.15, -0.1) is 0 Å². The molecule has 118 valence electrons. The van der Waals surface area contributed by atoms with Crippen LogP contribution in [0.5, 0.6) is 5.75 Å². The molecule has 5 heteroatoms. The van der Waals surface area contributed by atoms with E-state index in [0.29, 0.717) is 11.3 Å². The van der Waals surface area contributed by atoms with Gasteiger partial charge in [-0.05, 0) is 57.1 Å². The molecule has 0 unspecified atom stereocenters. The number of rotatable bonds is 8. The second-order valence-electron chi connectivity index (χ2n) is 4.51. The van der Waals surface area contributed by atoms with E-state index < -0.39 is 5.97 Å². The molecule has 0 atom stereocenters. The van der Waals surface area contributed by atoms with Crippen LogP contribution in [-0.4, -0.2) is 36.6 Å². The first-order chi connectivity index (χ1) is 10.0. The van der Waals surface area contributed by atoms with Gasteiger partial charge in [0.05, 0.1) is 0 Å². The number of carbonyl (C=O) groups excluding carboxylic acids is 1. The van der Waals surface area contributed by atoms with Crippen LogP contribution in [0, 0.1) is 0 Å². The van der Waals surface area contributed by atoms with E-state index in [1.807, 2.05) is 0 Å². The maximum absolute atomic E-state index is 10.9. The van der Waals surface area contributed by atoms with Crippen LogP contribution >= 0.6 is 0 Å². The number of carbonyl (C=O) groups is 2. The highest BCUT2D eigenvalue weighted by Crippen LogP contribution is 2.12. The zero-order valence-electron chi connectivity index (χ0n) is 13.0. The number of aliphatic carboxylic acids is 1. The largest absolute Gasteiger partial charge is 0.482 e. The van der Waals surface area contributed by atoms with E-state index in [2.05, 4.69) is 19.2 Å². The van der Waals surface area contributed by atoms with E-state index in [-0.39, 0.29) is 12.4 Å². The zero-order valence-corrected chi connectivity index (χ0v) is 13.0. The van der Waals surface area contributed by atoms with Gasteiger partial charge >= 0.3 is 5.97 Å². The summed E-state index contributed by atoms with van der Waals surface area (Å²) in [6, 6.07) is 6.33. The van der Waals surface area contributed by atoms with Crippen molar-refractivity contribution in [1.82, 2.24) is 5.32 Å². The van der Waals surface area contributed by atoms with Gasteiger partial charge in [-0.3, -0.25) is 4.79 Å². The Morgan fingerprint density at radius 1 is 1.10 bits per heavy atom. The fourth-order valence-corrected chi connectivity index (χ4v) is 1.41. The Morgan fingerprint density at radius 2 is 1.62 bits per heavy atom. The molecule has 0 aliphatic carbocycles. The van der Waals surface area contributed by atoms with Crippen LogP contribution in [0.2, 0.25) is 0 Å². The molecule has 0 saturated heterocycles. The summed E-state index contributed by atoms with van der Waals surface area (Å²) in [4.78, 5) is 21.1. The number of nitrogens with one attached hydrogen (secondary N) is 1. The predicted molar refractivity (Wildman–Crippen MR) is 83.0 cm³/mol. The lowest BCUT2D eigenvalue weighted by Crippen LogP contribution is -2.14. The molecule has 2 N–H and O–H groups in total. The second kappa shape index (κ2) is 11.9. The monoisotopic (exact) mass is 295 g/mol. The molecule has 0 spiro atoms. The van der Waals surface area contributed by atoms with Crippen LogP contribution in [0.4, 0.5) is 0 Å². The van der Waals surface area contributed by atoms with Crippen molar-refractivity contribution in [2.45, 2.75) is 33.6 Å². The smallest absolute Gasteiger partial charge is 0.341 e. The number of benzene rings is 1. The van der Waals surface area contributed by atoms with Crippen molar-refractivity contribution in [3.05, 3.63) is 29.8 Å². The molecule has 0 fully saturated rings. The number of hydrogen-bond acceptors (Lipinski definition) is 4. The Bertz CT molecular complexity index is 411.